The van der Waals surface area contributed by atoms with Gasteiger partial charge in [-0.1, -0.05) is 42.5 Å². The number of ether oxygens (including phenoxy) is 1. The number of hydrogen-bond acceptors (Lipinski definition) is 7. The molecule has 0 saturated heterocycles. The third kappa shape index (κ3) is 5.47. The van der Waals surface area contributed by atoms with Crippen molar-refractivity contribution in [2.75, 3.05) is 0 Å². The average molecular weight is 439 g/mol. The van der Waals surface area contributed by atoms with Crippen LogP contribution in [0.25, 0.3) is 0 Å². The van der Waals surface area contributed by atoms with Crippen molar-refractivity contribution < 1.29 is 29.5 Å². The summed E-state index contributed by atoms with van der Waals surface area (Å²) in [6.45, 7) is 0. The van der Waals surface area contributed by atoms with Crippen LogP contribution in [0, 0.1) is 10.1 Å². The van der Waals surface area contributed by atoms with Crippen LogP contribution in [0.3, 0.4) is 0 Å². The summed E-state index contributed by atoms with van der Waals surface area (Å²) in [5.41, 5.74) is 0.582. The maximum Gasteiger partial charge on any atom is 0.343 e. The van der Waals surface area contributed by atoms with E-state index in [2.05, 4.69) is 0 Å². The van der Waals surface area contributed by atoms with E-state index in [1.54, 1.807) is 36.4 Å². The molecular weight excluding hydrogens is 422 g/mol. The fourth-order valence-corrected chi connectivity index (χ4v) is 3.99. The number of hydrogen-bond donors (Lipinski definition) is 2. The zero-order valence-corrected chi connectivity index (χ0v) is 16.8. The van der Waals surface area contributed by atoms with Crippen molar-refractivity contribution in [2.24, 2.45) is 0 Å². The molecule has 158 valence electrons. The lowest BCUT2D eigenvalue weighted by atomic mass is 10.1. The molecule has 0 aromatic heterocycles. The Morgan fingerprint density at radius 3 is 2.16 bits per heavy atom. The molecule has 0 radical (unpaired) electrons. The Balaban J connectivity index is 1.84. The molecule has 0 spiro atoms. The molecule has 0 bridgehead atoms. The van der Waals surface area contributed by atoms with Crippen LogP contribution in [0.4, 0.5) is 5.69 Å². The van der Waals surface area contributed by atoms with Crippen LogP contribution in [0.2, 0.25) is 0 Å². The van der Waals surface area contributed by atoms with Crippen molar-refractivity contribution in [3.05, 3.63) is 100 Å². The predicted octanol–water partition coefficient (Wildman–Crippen LogP) is 4.09. The van der Waals surface area contributed by atoms with Crippen LogP contribution in [0.5, 0.6) is 5.75 Å². The van der Waals surface area contributed by atoms with E-state index in [0.29, 0.717) is 11.1 Å². The van der Waals surface area contributed by atoms with E-state index in [1.165, 1.54) is 42.5 Å². The maximum atomic E-state index is 12.2. The van der Waals surface area contributed by atoms with E-state index in [1.807, 2.05) is 0 Å². The van der Waals surface area contributed by atoms with Gasteiger partial charge in [0.25, 0.3) is 5.69 Å². The van der Waals surface area contributed by atoms with E-state index in [4.69, 9.17) is 4.74 Å². The number of rotatable bonds is 8. The lowest BCUT2D eigenvalue weighted by Crippen LogP contribution is -2.26. The van der Waals surface area contributed by atoms with Crippen molar-refractivity contribution >= 4 is 29.4 Å². The number of carbonyl (C=O) groups is 2. The maximum absolute atomic E-state index is 12.2. The summed E-state index contributed by atoms with van der Waals surface area (Å²) in [7, 11) is 0. The molecule has 0 aliphatic carbocycles. The molecule has 0 aliphatic rings. The monoisotopic (exact) mass is 439 g/mol. The van der Waals surface area contributed by atoms with Gasteiger partial charge in [0, 0.05) is 6.07 Å². The van der Waals surface area contributed by atoms with Gasteiger partial charge in [0.1, 0.15) is 5.75 Å². The summed E-state index contributed by atoms with van der Waals surface area (Å²) in [4.78, 5) is 34.5. The van der Waals surface area contributed by atoms with Gasteiger partial charge in [-0.2, -0.15) is 0 Å². The highest BCUT2D eigenvalue weighted by Crippen LogP contribution is 2.42. The Labute approximate surface area is 181 Å². The van der Waals surface area contributed by atoms with Gasteiger partial charge in [-0.3, -0.25) is 10.1 Å². The molecule has 2 unspecified atom stereocenters. The normalized spacial score (nSPS) is 12.5. The molecule has 3 aromatic carbocycles. The van der Waals surface area contributed by atoms with E-state index >= 15 is 0 Å². The summed E-state index contributed by atoms with van der Waals surface area (Å²) in [6, 6.07) is 20.2. The Bertz CT molecular complexity index is 1090. The quantitative estimate of drug-likeness (QED) is 0.177. The Morgan fingerprint density at radius 1 is 0.935 bits per heavy atom. The minimum atomic E-state index is -1.82. The second-order valence-corrected chi connectivity index (χ2v) is 7.55. The minimum absolute atomic E-state index is 0.191. The molecule has 2 atom stereocenters. The fourth-order valence-electron chi connectivity index (χ4n) is 2.75. The standard InChI is InChI=1S/C22H17NO7S/c24-19(21(25)26)20(31-18-9-5-4-8-17(18)23(28)29)14-10-12-16(13-11-14)30-22(27)15-6-2-1-3-7-15/h1-13,19-20,24H,(H,25,26). The molecule has 2 N–H and O–H groups in total. The first-order chi connectivity index (χ1) is 14.9. The molecule has 8 nitrogen and oxygen atoms in total. The SMILES string of the molecule is O=C(Oc1ccc(C(Sc2ccccc2[N+](=O)[O-])C(O)C(=O)O)cc1)c1ccccc1. The first kappa shape index (κ1) is 22.0. The van der Waals surface area contributed by atoms with E-state index in [-0.39, 0.29) is 16.3 Å². The highest BCUT2D eigenvalue weighted by atomic mass is 32.2. The summed E-state index contributed by atoms with van der Waals surface area (Å²) < 4.78 is 5.30. The number of carbonyl (C=O) groups excluding carboxylic acids is 1. The van der Waals surface area contributed by atoms with Crippen LogP contribution < -0.4 is 4.74 Å². The smallest absolute Gasteiger partial charge is 0.343 e. The van der Waals surface area contributed by atoms with Crippen LogP contribution >= 0.6 is 11.8 Å². The molecule has 31 heavy (non-hydrogen) atoms. The number of nitrogens with zero attached hydrogens (tertiary/aromatic N) is 1. The number of carboxylic acid groups (broad SMARTS) is 1. The van der Waals surface area contributed by atoms with E-state index in [0.717, 1.165) is 11.8 Å². The molecule has 0 fully saturated rings. The number of aliphatic carboxylic acids is 1. The minimum Gasteiger partial charge on any atom is -0.479 e. The van der Waals surface area contributed by atoms with Crippen LogP contribution in [0.15, 0.2) is 83.8 Å². The van der Waals surface area contributed by atoms with Gasteiger partial charge >= 0.3 is 11.9 Å². The van der Waals surface area contributed by atoms with Gasteiger partial charge in [-0.05, 0) is 35.9 Å². The van der Waals surface area contributed by atoms with Gasteiger partial charge in [-0.25, -0.2) is 9.59 Å². The number of esters is 1. The van der Waals surface area contributed by atoms with Gasteiger partial charge < -0.3 is 14.9 Å². The molecule has 0 amide bonds. The summed E-state index contributed by atoms with van der Waals surface area (Å²) in [5.74, 6) is -1.78. The highest BCUT2D eigenvalue weighted by Gasteiger charge is 2.30. The lowest BCUT2D eigenvalue weighted by molar-refractivity contribution is -0.387. The number of aliphatic hydroxyl groups is 1. The van der Waals surface area contributed by atoms with Crippen molar-refractivity contribution in [1.29, 1.82) is 0 Å². The Morgan fingerprint density at radius 2 is 1.55 bits per heavy atom. The molecule has 3 aromatic rings. The molecule has 0 aliphatic heterocycles. The van der Waals surface area contributed by atoms with E-state index < -0.39 is 28.2 Å². The highest BCUT2D eigenvalue weighted by molar-refractivity contribution is 7.99. The van der Waals surface area contributed by atoms with E-state index in [9.17, 15) is 29.9 Å². The second kappa shape index (κ2) is 9.88. The van der Waals surface area contributed by atoms with Crippen molar-refractivity contribution in [3.8, 4) is 5.75 Å². The van der Waals surface area contributed by atoms with Crippen LogP contribution in [-0.4, -0.2) is 33.2 Å². The van der Waals surface area contributed by atoms with Crippen LogP contribution in [0.1, 0.15) is 21.2 Å². The lowest BCUT2D eigenvalue weighted by Gasteiger charge is -2.20. The zero-order valence-electron chi connectivity index (χ0n) is 16.0. The van der Waals surface area contributed by atoms with Crippen molar-refractivity contribution in [1.82, 2.24) is 0 Å². The molecule has 9 heteroatoms. The third-order valence-corrected chi connectivity index (χ3v) is 5.67. The van der Waals surface area contributed by atoms with Gasteiger partial charge in [0.05, 0.1) is 20.6 Å². The Hall–Kier alpha value is -3.69. The van der Waals surface area contributed by atoms with Crippen molar-refractivity contribution in [2.45, 2.75) is 16.2 Å². The third-order valence-electron chi connectivity index (χ3n) is 4.28. The summed E-state index contributed by atoms with van der Waals surface area (Å²) in [5, 5.41) is 29.8. The topological polar surface area (TPSA) is 127 Å². The summed E-state index contributed by atoms with van der Waals surface area (Å²) >= 11 is 0.870. The second-order valence-electron chi connectivity index (χ2n) is 6.37. The first-order valence-corrected chi connectivity index (χ1v) is 9.93. The fraction of sp³-hybridized carbons (Fsp3) is 0.0909. The number of nitro benzene ring substituents is 1. The average Bonchev–Trinajstić information content (AvgIpc) is 2.78. The first-order valence-electron chi connectivity index (χ1n) is 9.05. The number of thioether (sulfide) groups is 1. The molecule has 0 saturated carbocycles. The predicted molar refractivity (Wildman–Crippen MR) is 113 cm³/mol. The largest absolute Gasteiger partial charge is 0.479 e. The number of aliphatic hydroxyl groups excluding tert-OH is 1. The van der Waals surface area contributed by atoms with Gasteiger partial charge in [-0.15, -0.1) is 11.8 Å². The number of carboxylic acids is 1. The molecule has 0 heterocycles. The Kier molecular flexibility index (Phi) is 7.01. The number of nitro groups is 1. The van der Waals surface area contributed by atoms with Crippen molar-refractivity contribution in [3.63, 3.8) is 0 Å². The number of para-hydroxylation sites is 1. The van der Waals surface area contributed by atoms with Gasteiger partial charge in [0.15, 0.2) is 6.10 Å². The molecular formula is C22H17NO7S. The van der Waals surface area contributed by atoms with Crippen LogP contribution in [-0.2, 0) is 4.79 Å². The molecule has 3 rings (SSSR count). The zero-order chi connectivity index (χ0) is 22.4. The summed E-state index contributed by atoms with van der Waals surface area (Å²) in [6.07, 6.45) is -1.82. The number of benzene rings is 3. The van der Waals surface area contributed by atoms with Gasteiger partial charge in [0.2, 0.25) is 0 Å².